The van der Waals surface area contributed by atoms with Gasteiger partial charge in [0.05, 0.1) is 5.75 Å². The van der Waals surface area contributed by atoms with Gasteiger partial charge in [0, 0.05) is 6.54 Å². The van der Waals surface area contributed by atoms with Crippen molar-refractivity contribution < 1.29 is 8.42 Å². The van der Waals surface area contributed by atoms with Crippen LogP contribution in [0.15, 0.2) is 29.4 Å². The highest BCUT2D eigenvalue weighted by atomic mass is 32.2. The molecular formula is C10H14N2O3S. The third-order valence-corrected chi connectivity index (χ3v) is 3.30. The van der Waals surface area contributed by atoms with Gasteiger partial charge in [0.2, 0.25) is 10.0 Å². The highest BCUT2D eigenvalue weighted by molar-refractivity contribution is 7.88. The SMILES string of the molecule is CCCNS(=O)(=O)Cc1cccc(N=O)c1. The fraction of sp³-hybridized carbons (Fsp3) is 0.400. The van der Waals surface area contributed by atoms with E-state index in [-0.39, 0.29) is 11.4 Å². The molecule has 0 amide bonds. The molecular weight excluding hydrogens is 228 g/mol. The van der Waals surface area contributed by atoms with E-state index in [0.717, 1.165) is 6.42 Å². The number of hydrogen-bond acceptors (Lipinski definition) is 4. The van der Waals surface area contributed by atoms with Gasteiger partial charge in [-0.2, -0.15) is 0 Å². The van der Waals surface area contributed by atoms with Gasteiger partial charge < -0.3 is 0 Å². The summed E-state index contributed by atoms with van der Waals surface area (Å²) in [5, 5.41) is 2.76. The Bertz CT molecular complexity index is 457. The molecule has 1 aromatic carbocycles. The number of sulfonamides is 1. The lowest BCUT2D eigenvalue weighted by molar-refractivity contribution is 0.580. The largest absolute Gasteiger partial charge is 0.215 e. The number of nitrogens with zero attached hydrogens (tertiary/aromatic N) is 1. The van der Waals surface area contributed by atoms with Crippen LogP contribution in [0, 0.1) is 4.91 Å². The Labute approximate surface area is 94.9 Å². The summed E-state index contributed by atoms with van der Waals surface area (Å²) < 4.78 is 25.5. The summed E-state index contributed by atoms with van der Waals surface area (Å²) in [5.41, 5.74) is 0.795. The predicted octanol–water partition coefficient (Wildman–Crippen LogP) is 1.91. The van der Waals surface area contributed by atoms with Gasteiger partial charge in [-0.15, -0.1) is 4.91 Å². The zero-order valence-corrected chi connectivity index (χ0v) is 9.83. The summed E-state index contributed by atoms with van der Waals surface area (Å²) in [6, 6.07) is 6.27. The highest BCUT2D eigenvalue weighted by Crippen LogP contribution is 2.15. The standard InChI is InChI=1S/C10H14N2O3S/c1-2-6-11-16(14,15)8-9-4-3-5-10(7-9)12-13/h3-5,7,11H,2,6,8H2,1H3. The van der Waals surface area contributed by atoms with E-state index >= 15 is 0 Å². The summed E-state index contributed by atoms with van der Waals surface area (Å²) in [6.07, 6.45) is 0.745. The molecule has 0 unspecified atom stereocenters. The van der Waals surface area contributed by atoms with E-state index in [0.29, 0.717) is 12.1 Å². The van der Waals surface area contributed by atoms with Crippen molar-refractivity contribution in [2.75, 3.05) is 6.54 Å². The first kappa shape index (κ1) is 12.8. The van der Waals surface area contributed by atoms with Gasteiger partial charge in [-0.3, -0.25) is 0 Å². The molecule has 0 fully saturated rings. The van der Waals surface area contributed by atoms with Crippen LogP contribution in [0.4, 0.5) is 5.69 Å². The van der Waals surface area contributed by atoms with Crippen LogP contribution in [0.25, 0.3) is 0 Å². The Morgan fingerprint density at radius 3 is 2.75 bits per heavy atom. The second-order valence-corrected chi connectivity index (χ2v) is 5.22. The number of hydrogen-bond donors (Lipinski definition) is 1. The fourth-order valence-electron chi connectivity index (χ4n) is 1.23. The average molecular weight is 242 g/mol. The molecule has 0 aliphatic carbocycles. The molecule has 0 aliphatic rings. The number of nitroso groups, excluding NO2 is 1. The lowest BCUT2D eigenvalue weighted by atomic mass is 10.2. The zero-order valence-electron chi connectivity index (χ0n) is 9.01. The van der Waals surface area contributed by atoms with E-state index in [2.05, 4.69) is 9.90 Å². The molecule has 0 bridgehead atoms. The number of benzene rings is 1. The minimum atomic E-state index is -3.32. The normalized spacial score (nSPS) is 11.3. The maximum absolute atomic E-state index is 11.5. The second-order valence-electron chi connectivity index (χ2n) is 3.41. The van der Waals surface area contributed by atoms with Crippen molar-refractivity contribution in [3.63, 3.8) is 0 Å². The highest BCUT2D eigenvalue weighted by Gasteiger charge is 2.10. The molecule has 0 spiro atoms. The van der Waals surface area contributed by atoms with Crippen LogP contribution in [0.5, 0.6) is 0 Å². The molecule has 6 heteroatoms. The molecule has 1 aromatic rings. The van der Waals surface area contributed by atoms with Crippen LogP contribution in [0.1, 0.15) is 18.9 Å². The lowest BCUT2D eigenvalue weighted by Crippen LogP contribution is -2.25. The van der Waals surface area contributed by atoms with Crippen LogP contribution in [-0.2, 0) is 15.8 Å². The minimum Gasteiger partial charge on any atom is -0.215 e. The van der Waals surface area contributed by atoms with E-state index in [1.165, 1.54) is 12.1 Å². The van der Waals surface area contributed by atoms with Crippen molar-refractivity contribution in [3.8, 4) is 0 Å². The van der Waals surface area contributed by atoms with Crippen LogP contribution in [0.3, 0.4) is 0 Å². The van der Waals surface area contributed by atoms with E-state index in [4.69, 9.17) is 0 Å². The number of rotatable bonds is 6. The number of nitrogens with one attached hydrogen (secondary N) is 1. The van der Waals surface area contributed by atoms with Gasteiger partial charge in [0.15, 0.2) is 0 Å². The summed E-state index contributed by atoms with van der Waals surface area (Å²) in [5.74, 6) is -0.129. The summed E-state index contributed by atoms with van der Waals surface area (Å²) in [4.78, 5) is 10.3. The van der Waals surface area contributed by atoms with Gasteiger partial charge in [0.25, 0.3) is 0 Å². The van der Waals surface area contributed by atoms with Crippen LogP contribution < -0.4 is 4.72 Å². The van der Waals surface area contributed by atoms with Crippen LogP contribution in [-0.4, -0.2) is 15.0 Å². The van der Waals surface area contributed by atoms with Crippen molar-refractivity contribution in [1.82, 2.24) is 4.72 Å². The smallest absolute Gasteiger partial charge is 0.215 e. The predicted molar refractivity (Wildman–Crippen MR) is 62.8 cm³/mol. The molecule has 1 rings (SSSR count). The summed E-state index contributed by atoms with van der Waals surface area (Å²) >= 11 is 0. The second kappa shape index (κ2) is 5.72. The Morgan fingerprint density at radius 2 is 2.12 bits per heavy atom. The first-order valence-corrected chi connectivity index (χ1v) is 6.62. The van der Waals surface area contributed by atoms with Gasteiger partial charge in [-0.05, 0) is 29.3 Å². The maximum atomic E-state index is 11.5. The molecule has 16 heavy (non-hydrogen) atoms. The Balaban J connectivity index is 2.75. The van der Waals surface area contributed by atoms with Gasteiger partial charge in [-0.1, -0.05) is 19.1 Å². The molecule has 88 valence electrons. The van der Waals surface area contributed by atoms with Crippen LogP contribution >= 0.6 is 0 Å². The molecule has 0 atom stereocenters. The maximum Gasteiger partial charge on any atom is 0.215 e. The molecule has 0 saturated heterocycles. The van der Waals surface area contributed by atoms with E-state index in [1.54, 1.807) is 12.1 Å². The zero-order chi connectivity index (χ0) is 12.0. The Hall–Kier alpha value is -1.27. The fourth-order valence-corrected chi connectivity index (χ4v) is 2.47. The lowest BCUT2D eigenvalue weighted by Gasteiger charge is -2.05. The molecule has 0 radical (unpaired) electrons. The van der Waals surface area contributed by atoms with Crippen molar-refractivity contribution in [2.24, 2.45) is 5.18 Å². The van der Waals surface area contributed by atoms with Gasteiger partial charge in [0.1, 0.15) is 5.69 Å². The molecule has 0 aliphatic heterocycles. The van der Waals surface area contributed by atoms with Crippen LogP contribution in [0.2, 0.25) is 0 Å². The first-order chi connectivity index (χ1) is 7.57. The Morgan fingerprint density at radius 1 is 1.38 bits per heavy atom. The minimum absolute atomic E-state index is 0.129. The molecule has 0 saturated carbocycles. The van der Waals surface area contributed by atoms with Crippen molar-refractivity contribution in [2.45, 2.75) is 19.1 Å². The average Bonchev–Trinajstić information content (AvgIpc) is 2.26. The topological polar surface area (TPSA) is 75.6 Å². The van der Waals surface area contributed by atoms with Gasteiger partial charge >= 0.3 is 0 Å². The van der Waals surface area contributed by atoms with E-state index < -0.39 is 10.0 Å². The summed E-state index contributed by atoms with van der Waals surface area (Å²) in [6.45, 7) is 2.31. The molecule has 5 nitrogen and oxygen atoms in total. The molecule has 1 N–H and O–H groups in total. The van der Waals surface area contributed by atoms with E-state index in [9.17, 15) is 13.3 Å². The van der Waals surface area contributed by atoms with Gasteiger partial charge in [-0.25, -0.2) is 13.1 Å². The molecule has 0 aromatic heterocycles. The third-order valence-electron chi connectivity index (χ3n) is 1.94. The van der Waals surface area contributed by atoms with Crippen molar-refractivity contribution in [1.29, 1.82) is 0 Å². The summed E-state index contributed by atoms with van der Waals surface area (Å²) in [7, 11) is -3.32. The van der Waals surface area contributed by atoms with E-state index in [1.807, 2.05) is 6.92 Å². The molecule has 0 heterocycles. The monoisotopic (exact) mass is 242 g/mol. The van der Waals surface area contributed by atoms with Crippen molar-refractivity contribution in [3.05, 3.63) is 34.7 Å². The third kappa shape index (κ3) is 4.08. The first-order valence-electron chi connectivity index (χ1n) is 4.97. The quantitative estimate of drug-likeness (QED) is 0.774. The van der Waals surface area contributed by atoms with Crippen molar-refractivity contribution >= 4 is 15.7 Å². The Kier molecular flexibility index (Phi) is 4.57.